The van der Waals surface area contributed by atoms with E-state index >= 15 is 0 Å². The summed E-state index contributed by atoms with van der Waals surface area (Å²) in [5.41, 5.74) is 4.76. The van der Waals surface area contributed by atoms with Gasteiger partial charge in [-0.3, -0.25) is 4.79 Å². The lowest BCUT2D eigenvalue weighted by atomic mass is 9.92. The molecule has 0 saturated carbocycles. The van der Waals surface area contributed by atoms with Gasteiger partial charge in [-0.05, 0) is 51.7 Å². The van der Waals surface area contributed by atoms with E-state index in [1.165, 1.54) is 10.1 Å². The highest BCUT2D eigenvalue weighted by molar-refractivity contribution is 7.17. The molecule has 0 fully saturated rings. The quantitative estimate of drug-likeness (QED) is 0.248. The summed E-state index contributed by atoms with van der Waals surface area (Å²) in [6, 6.07) is 23.6. The van der Waals surface area contributed by atoms with Crippen LogP contribution in [0.3, 0.4) is 0 Å². The maximum Gasteiger partial charge on any atom is 0.286 e. The van der Waals surface area contributed by atoms with E-state index in [1.54, 1.807) is 11.3 Å². The van der Waals surface area contributed by atoms with Gasteiger partial charge in [0.2, 0.25) is 6.29 Å². The molecule has 1 aliphatic heterocycles. The molecule has 0 radical (unpaired) electrons. The topological polar surface area (TPSA) is 96.5 Å². The van der Waals surface area contributed by atoms with E-state index in [-0.39, 0.29) is 30.7 Å². The lowest BCUT2D eigenvalue weighted by molar-refractivity contribution is -0.150. The number of aliphatic hydroxyl groups excluding tert-OH is 1. The van der Waals surface area contributed by atoms with Crippen molar-refractivity contribution in [1.82, 2.24) is 15.3 Å². The number of hydrogen-bond acceptors (Lipinski definition) is 6. The van der Waals surface area contributed by atoms with Crippen molar-refractivity contribution in [2.45, 2.75) is 38.4 Å². The Kier molecular flexibility index (Phi) is 6.92. The van der Waals surface area contributed by atoms with Gasteiger partial charge >= 0.3 is 0 Å². The number of para-hydroxylation sites is 2. The van der Waals surface area contributed by atoms with Gasteiger partial charge in [0, 0.05) is 17.0 Å². The summed E-state index contributed by atoms with van der Waals surface area (Å²) in [5.74, 6) is 0.577. The smallest absolute Gasteiger partial charge is 0.286 e. The molecule has 7 nitrogen and oxygen atoms in total. The molecule has 3 aromatic carbocycles. The summed E-state index contributed by atoms with van der Waals surface area (Å²) in [6.07, 6.45) is 1.90. The van der Waals surface area contributed by atoms with Gasteiger partial charge in [-0.15, -0.1) is 11.3 Å². The molecule has 0 bridgehead atoms. The van der Waals surface area contributed by atoms with Crippen LogP contribution in [0.1, 0.15) is 34.9 Å². The third-order valence-corrected chi connectivity index (χ3v) is 7.67. The number of hydrogen-bond donors (Lipinski definition) is 3. The van der Waals surface area contributed by atoms with Gasteiger partial charge in [0.15, 0.2) is 5.76 Å². The van der Waals surface area contributed by atoms with Crippen molar-refractivity contribution in [2.24, 2.45) is 0 Å². The fourth-order valence-electron chi connectivity index (χ4n) is 4.69. The minimum Gasteiger partial charge on any atom is -0.459 e. The van der Waals surface area contributed by atoms with E-state index in [2.05, 4.69) is 32.8 Å². The molecule has 192 valence electrons. The van der Waals surface area contributed by atoms with Crippen molar-refractivity contribution in [1.29, 1.82) is 0 Å². The summed E-state index contributed by atoms with van der Waals surface area (Å²) >= 11 is 1.70. The number of aliphatic hydroxyl groups is 1. The average molecular weight is 526 g/mol. The van der Waals surface area contributed by atoms with Crippen molar-refractivity contribution in [3.05, 3.63) is 113 Å². The Morgan fingerprint density at radius 2 is 1.87 bits per heavy atom. The molecule has 0 unspecified atom stereocenters. The van der Waals surface area contributed by atoms with Crippen LogP contribution in [0.2, 0.25) is 0 Å². The third-order valence-electron chi connectivity index (χ3n) is 6.69. The Morgan fingerprint density at radius 1 is 1.08 bits per heavy atom. The molecular formula is C30H27N3O4S. The first kappa shape index (κ1) is 24.4. The number of rotatable bonds is 8. The van der Waals surface area contributed by atoms with Crippen molar-refractivity contribution in [2.75, 3.05) is 0 Å². The van der Waals surface area contributed by atoms with Crippen molar-refractivity contribution >= 4 is 38.4 Å². The number of allylic oxidation sites excluding steroid dienone is 1. The number of thiophene rings is 1. The number of nitrogens with zero attached hydrogens (tertiary/aromatic N) is 1. The maximum atomic E-state index is 13.2. The van der Waals surface area contributed by atoms with Crippen LogP contribution in [-0.4, -0.2) is 27.3 Å². The lowest BCUT2D eigenvalue weighted by Crippen LogP contribution is -2.32. The Hall–Kier alpha value is -3.98. The molecule has 1 amide bonds. The summed E-state index contributed by atoms with van der Waals surface area (Å²) in [7, 11) is 0. The Labute approximate surface area is 223 Å². The van der Waals surface area contributed by atoms with Crippen LogP contribution in [0.4, 0.5) is 0 Å². The van der Waals surface area contributed by atoms with Crippen LogP contribution in [0, 0.1) is 0 Å². The lowest BCUT2D eigenvalue weighted by Gasteiger charge is -2.29. The number of carbonyl (C=O) groups excluding carboxylic acids is 1. The number of imidazole rings is 1. The molecule has 0 aliphatic carbocycles. The maximum absolute atomic E-state index is 13.2. The standard InChI is InChI=1S/C30H27N3O4S/c34-16-19-9-11-20(12-10-19)17-36-29-14-21(23-18-38-27-8-4-1-5-22(23)27)13-26(37-29)30(35)31-15-28-32-24-6-2-3-7-25(24)33-28/h1-13,18,21,29,34H,14-17H2,(H,31,35)(H,32,33)/t21-,29+/m1/s1. The Balaban J connectivity index is 1.21. The first-order valence-corrected chi connectivity index (χ1v) is 13.4. The third kappa shape index (κ3) is 5.19. The highest BCUT2D eigenvalue weighted by atomic mass is 32.1. The van der Waals surface area contributed by atoms with Crippen LogP contribution >= 0.6 is 11.3 Å². The van der Waals surface area contributed by atoms with Crippen molar-refractivity contribution < 1.29 is 19.4 Å². The predicted octanol–water partition coefficient (Wildman–Crippen LogP) is 5.52. The molecule has 0 spiro atoms. The van der Waals surface area contributed by atoms with E-state index in [0.29, 0.717) is 18.9 Å². The Morgan fingerprint density at radius 3 is 2.71 bits per heavy atom. The second-order valence-electron chi connectivity index (χ2n) is 9.28. The number of H-pyrrole nitrogens is 1. The molecule has 5 aromatic rings. The van der Waals surface area contributed by atoms with Gasteiger partial charge in [0.25, 0.3) is 5.91 Å². The second kappa shape index (κ2) is 10.8. The van der Waals surface area contributed by atoms with E-state index < -0.39 is 6.29 Å². The van der Waals surface area contributed by atoms with E-state index in [0.717, 1.165) is 27.7 Å². The summed E-state index contributed by atoms with van der Waals surface area (Å²) in [5, 5.41) is 15.6. The van der Waals surface area contributed by atoms with E-state index in [1.807, 2.05) is 66.7 Å². The molecule has 1 aliphatic rings. The fraction of sp³-hybridized carbons (Fsp3) is 0.200. The first-order chi connectivity index (χ1) is 18.7. The zero-order valence-corrected chi connectivity index (χ0v) is 21.4. The van der Waals surface area contributed by atoms with Gasteiger partial charge in [0.05, 0.1) is 30.8 Å². The average Bonchev–Trinajstić information content (AvgIpc) is 3.59. The van der Waals surface area contributed by atoms with Crippen molar-refractivity contribution in [3.63, 3.8) is 0 Å². The highest BCUT2D eigenvalue weighted by Crippen LogP contribution is 2.38. The second-order valence-corrected chi connectivity index (χ2v) is 10.2. The van der Waals surface area contributed by atoms with Crippen LogP contribution in [-0.2, 0) is 34.0 Å². The monoisotopic (exact) mass is 525 g/mol. The summed E-state index contributed by atoms with van der Waals surface area (Å²) in [4.78, 5) is 21.0. The predicted molar refractivity (Wildman–Crippen MR) is 147 cm³/mol. The normalized spacial score (nSPS) is 17.3. The van der Waals surface area contributed by atoms with Gasteiger partial charge in [-0.25, -0.2) is 4.98 Å². The molecule has 2 aromatic heterocycles. The van der Waals surface area contributed by atoms with Crippen molar-refractivity contribution in [3.8, 4) is 0 Å². The number of ether oxygens (including phenoxy) is 2. The molecular weight excluding hydrogens is 498 g/mol. The molecule has 38 heavy (non-hydrogen) atoms. The Bertz CT molecular complexity index is 1570. The van der Waals surface area contributed by atoms with Gasteiger partial charge < -0.3 is 24.9 Å². The van der Waals surface area contributed by atoms with Crippen LogP contribution in [0.15, 0.2) is 90.0 Å². The van der Waals surface area contributed by atoms with Crippen LogP contribution < -0.4 is 5.32 Å². The number of benzene rings is 3. The number of aromatic nitrogens is 2. The minimum absolute atomic E-state index is 0.000445. The van der Waals surface area contributed by atoms with Gasteiger partial charge in [0.1, 0.15) is 5.82 Å². The number of fused-ring (bicyclic) bond motifs is 2. The van der Waals surface area contributed by atoms with Gasteiger partial charge in [-0.1, -0.05) is 54.6 Å². The van der Waals surface area contributed by atoms with E-state index in [4.69, 9.17) is 9.47 Å². The van der Waals surface area contributed by atoms with Gasteiger partial charge in [-0.2, -0.15) is 0 Å². The number of aromatic amines is 1. The summed E-state index contributed by atoms with van der Waals surface area (Å²) in [6.45, 7) is 0.588. The largest absolute Gasteiger partial charge is 0.459 e. The van der Waals surface area contributed by atoms with Crippen LogP contribution in [0.5, 0.6) is 0 Å². The van der Waals surface area contributed by atoms with E-state index in [9.17, 15) is 9.90 Å². The number of amides is 1. The highest BCUT2D eigenvalue weighted by Gasteiger charge is 2.30. The molecule has 8 heteroatoms. The fourth-order valence-corrected chi connectivity index (χ4v) is 5.72. The molecule has 6 rings (SSSR count). The molecule has 0 saturated heterocycles. The molecule has 3 N–H and O–H groups in total. The number of nitrogens with one attached hydrogen (secondary N) is 2. The number of carbonyl (C=O) groups is 1. The zero-order valence-electron chi connectivity index (χ0n) is 20.6. The first-order valence-electron chi connectivity index (χ1n) is 12.5. The molecule has 2 atom stereocenters. The minimum atomic E-state index is -0.590. The summed E-state index contributed by atoms with van der Waals surface area (Å²) < 4.78 is 13.4. The zero-order chi connectivity index (χ0) is 25.9. The molecule has 3 heterocycles. The SMILES string of the molecule is O=C(NCc1nc2ccccc2[nH]1)C1=C[C@@H](c2csc3ccccc23)C[C@@H](OCc2ccc(CO)cc2)O1. The van der Waals surface area contributed by atoms with Crippen LogP contribution in [0.25, 0.3) is 21.1 Å².